The van der Waals surface area contributed by atoms with Crippen molar-refractivity contribution in [2.45, 2.75) is 38.1 Å². The van der Waals surface area contributed by atoms with Crippen LogP contribution >= 0.6 is 0 Å². The van der Waals surface area contributed by atoms with Gasteiger partial charge in [-0.1, -0.05) is 5.16 Å². The largest absolute Gasteiger partial charge is 0.409 e. The van der Waals surface area contributed by atoms with Crippen molar-refractivity contribution >= 4 is 11.7 Å². The fourth-order valence-corrected chi connectivity index (χ4v) is 2.35. The van der Waals surface area contributed by atoms with Gasteiger partial charge < -0.3 is 25.9 Å². The average Bonchev–Trinajstić information content (AvgIpc) is 2.45. The number of piperidine rings is 1. The topological polar surface area (TPSA) is 100 Å². The van der Waals surface area contributed by atoms with Crippen molar-refractivity contribution in [1.82, 2.24) is 10.2 Å². The van der Waals surface area contributed by atoms with Crippen molar-refractivity contribution in [2.24, 2.45) is 10.9 Å². The van der Waals surface area contributed by atoms with E-state index < -0.39 is 5.54 Å². The van der Waals surface area contributed by atoms with Crippen LogP contribution in [0.2, 0.25) is 0 Å². The quantitative estimate of drug-likeness (QED) is 0.203. The lowest BCUT2D eigenvalue weighted by Crippen LogP contribution is -2.62. The molecule has 1 saturated heterocycles. The van der Waals surface area contributed by atoms with E-state index in [1.54, 1.807) is 0 Å². The highest BCUT2D eigenvalue weighted by Gasteiger charge is 2.39. The van der Waals surface area contributed by atoms with Crippen LogP contribution in [0, 0.1) is 0 Å². The Morgan fingerprint density at radius 3 is 2.70 bits per heavy atom. The number of ether oxygens (including phenoxy) is 1. The summed E-state index contributed by atoms with van der Waals surface area (Å²) in [6.07, 6.45) is 2.36. The van der Waals surface area contributed by atoms with Crippen LogP contribution in [0.3, 0.4) is 0 Å². The van der Waals surface area contributed by atoms with Crippen LogP contribution in [0.4, 0.5) is 0 Å². The number of amides is 1. The van der Waals surface area contributed by atoms with Crippen molar-refractivity contribution in [3.63, 3.8) is 0 Å². The summed E-state index contributed by atoms with van der Waals surface area (Å²) < 4.78 is 5.21. The molecule has 0 bridgehead atoms. The van der Waals surface area contributed by atoms with Gasteiger partial charge in [-0.3, -0.25) is 4.79 Å². The highest BCUT2D eigenvalue weighted by molar-refractivity contribution is 5.94. The first-order valence-electron chi connectivity index (χ1n) is 7.09. The SMILES string of the molecule is CCOCCCC(=O)NC1(C(N)=NO)CCN(C)CC1. The molecule has 1 rings (SSSR count). The van der Waals surface area contributed by atoms with Gasteiger partial charge in [0.2, 0.25) is 5.91 Å². The Labute approximate surface area is 120 Å². The maximum Gasteiger partial charge on any atom is 0.220 e. The summed E-state index contributed by atoms with van der Waals surface area (Å²) in [5.41, 5.74) is 5.08. The van der Waals surface area contributed by atoms with Gasteiger partial charge in [0.05, 0.1) is 0 Å². The van der Waals surface area contributed by atoms with Gasteiger partial charge in [0.25, 0.3) is 0 Å². The summed E-state index contributed by atoms with van der Waals surface area (Å²) >= 11 is 0. The molecule has 20 heavy (non-hydrogen) atoms. The second-order valence-corrected chi connectivity index (χ2v) is 5.22. The molecule has 4 N–H and O–H groups in total. The van der Waals surface area contributed by atoms with E-state index in [0.29, 0.717) is 38.9 Å². The molecule has 0 aliphatic carbocycles. The number of hydrogen-bond acceptors (Lipinski definition) is 5. The zero-order valence-corrected chi connectivity index (χ0v) is 12.4. The van der Waals surface area contributed by atoms with Crippen molar-refractivity contribution in [2.75, 3.05) is 33.4 Å². The molecule has 7 nitrogen and oxygen atoms in total. The van der Waals surface area contributed by atoms with Crippen molar-refractivity contribution in [3.8, 4) is 0 Å². The lowest BCUT2D eigenvalue weighted by atomic mass is 9.86. The minimum atomic E-state index is -0.718. The highest BCUT2D eigenvalue weighted by atomic mass is 16.5. The first-order valence-corrected chi connectivity index (χ1v) is 7.09. The van der Waals surface area contributed by atoms with Crippen LogP contribution in [0.25, 0.3) is 0 Å². The molecule has 1 amide bonds. The summed E-state index contributed by atoms with van der Waals surface area (Å²) in [5, 5.41) is 15.0. The molecule has 0 aromatic heterocycles. The number of oxime groups is 1. The molecule has 1 fully saturated rings. The Bertz CT molecular complexity index is 339. The Kier molecular flexibility index (Phi) is 6.74. The predicted molar refractivity (Wildman–Crippen MR) is 76.7 cm³/mol. The number of carbonyl (C=O) groups excluding carboxylic acids is 1. The molecular formula is C13H26N4O3. The van der Waals surface area contributed by atoms with Crippen LogP contribution in [-0.2, 0) is 9.53 Å². The number of nitrogens with one attached hydrogen (secondary N) is 1. The Morgan fingerprint density at radius 1 is 1.50 bits per heavy atom. The van der Waals surface area contributed by atoms with E-state index in [1.165, 1.54) is 0 Å². The molecule has 0 atom stereocenters. The number of likely N-dealkylation sites (tertiary alicyclic amines) is 1. The zero-order chi connectivity index (χ0) is 15.0. The molecular weight excluding hydrogens is 260 g/mol. The Morgan fingerprint density at radius 2 is 2.15 bits per heavy atom. The fourth-order valence-electron chi connectivity index (χ4n) is 2.35. The monoisotopic (exact) mass is 286 g/mol. The molecule has 1 aliphatic heterocycles. The third-order valence-electron chi connectivity index (χ3n) is 3.71. The first kappa shape index (κ1) is 16.7. The normalized spacial score (nSPS) is 19.8. The lowest BCUT2D eigenvalue weighted by molar-refractivity contribution is -0.123. The van der Waals surface area contributed by atoms with E-state index in [0.717, 1.165) is 13.1 Å². The lowest BCUT2D eigenvalue weighted by Gasteiger charge is -2.40. The minimum absolute atomic E-state index is 0.0825. The number of nitrogens with zero attached hydrogens (tertiary/aromatic N) is 2. The van der Waals surface area contributed by atoms with Gasteiger partial charge in [-0.15, -0.1) is 0 Å². The maximum atomic E-state index is 12.0. The Hall–Kier alpha value is -1.34. The van der Waals surface area contributed by atoms with Crippen LogP contribution in [0.15, 0.2) is 5.16 Å². The summed E-state index contributed by atoms with van der Waals surface area (Å²) in [4.78, 5) is 14.2. The van der Waals surface area contributed by atoms with E-state index in [9.17, 15) is 4.79 Å². The van der Waals surface area contributed by atoms with E-state index in [-0.39, 0.29) is 11.7 Å². The van der Waals surface area contributed by atoms with Crippen LogP contribution in [0.1, 0.15) is 32.6 Å². The van der Waals surface area contributed by atoms with Crippen LogP contribution < -0.4 is 11.1 Å². The van der Waals surface area contributed by atoms with Gasteiger partial charge in [0.15, 0.2) is 5.84 Å². The molecule has 1 heterocycles. The molecule has 0 aromatic rings. The zero-order valence-electron chi connectivity index (χ0n) is 12.4. The standard InChI is InChI=1S/C13H26N4O3/c1-3-20-10-4-5-11(18)15-13(12(14)16-19)6-8-17(2)9-7-13/h19H,3-10H2,1-2H3,(H2,14,16)(H,15,18). The molecule has 116 valence electrons. The Balaban J connectivity index is 2.55. The molecule has 1 aliphatic rings. The van der Waals surface area contributed by atoms with Gasteiger partial charge in [-0.25, -0.2) is 0 Å². The van der Waals surface area contributed by atoms with E-state index >= 15 is 0 Å². The van der Waals surface area contributed by atoms with Gasteiger partial charge >= 0.3 is 0 Å². The molecule has 0 unspecified atom stereocenters. The number of carbonyl (C=O) groups is 1. The third kappa shape index (κ3) is 4.64. The highest BCUT2D eigenvalue weighted by Crippen LogP contribution is 2.22. The van der Waals surface area contributed by atoms with Crippen LogP contribution in [0.5, 0.6) is 0 Å². The van der Waals surface area contributed by atoms with E-state index in [4.69, 9.17) is 15.7 Å². The minimum Gasteiger partial charge on any atom is -0.409 e. The van der Waals surface area contributed by atoms with Crippen LogP contribution in [-0.4, -0.2) is 60.7 Å². The molecule has 0 saturated carbocycles. The van der Waals surface area contributed by atoms with Gasteiger partial charge in [-0.2, -0.15) is 0 Å². The van der Waals surface area contributed by atoms with Gasteiger partial charge in [0.1, 0.15) is 5.54 Å². The van der Waals surface area contributed by atoms with Gasteiger partial charge in [-0.05, 0) is 33.2 Å². The summed E-state index contributed by atoms with van der Waals surface area (Å²) in [5.74, 6) is 0.00427. The number of amidine groups is 1. The fraction of sp³-hybridized carbons (Fsp3) is 0.846. The number of nitrogens with two attached hydrogens (primary N) is 1. The second-order valence-electron chi connectivity index (χ2n) is 5.22. The predicted octanol–water partition coefficient (Wildman–Crippen LogP) is 0.130. The van der Waals surface area contributed by atoms with Crippen molar-refractivity contribution < 1.29 is 14.7 Å². The van der Waals surface area contributed by atoms with Gasteiger partial charge in [0, 0.05) is 32.7 Å². The molecule has 0 aromatic carbocycles. The third-order valence-corrected chi connectivity index (χ3v) is 3.71. The first-order chi connectivity index (χ1) is 9.54. The number of hydrogen-bond donors (Lipinski definition) is 3. The summed E-state index contributed by atoms with van der Waals surface area (Å²) in [6, 6.07) is 0. The van der Waals surface area contributed by atoms with Crippen molar-refractivity contribution in [1.29, 1.82) is 0 Å². The smallest absolute Gasteiger partial charge is 0.220 e. The summed E-state index contributed by atoms with van der Waals surface area (Å²) in [7, 11) is 2.01. The summed E-state index contributed by atoms with van der Waals surface area (Å²) in [6.45, 7) is 4.75. The van der Waals surface area contributed by atoms with E-state index in [1.807, 2.05) is 14.0 Å². The van der Waals surface area contributed by atoms with Crippen molar-refractivity contribution in [3.05, 3.63) is 0 Å². The second kappa shape index (κ2) is 8.06. The molecule has 7 heteroatoms. The molecule has 0 spiro atoms. The molecule has 0 radical (unpaired) electrons. The number of rotatable bonds is 7. The average molecular weight is 286 g/mol. The van der Waals surface area contributed by atoms with E-state index in [2.05, 4.69) is 15.4 Å². The maximum absolute atomic E-state index is 12.0.